The van der Waals surface area contributed by atoms with Crippen LogP contribution >= 0.6 is 11.6 Å². The molecule has 0 saturated carbocycles. The monoisotopic (exact) mass is 407 g/mol. The van der Waals surface area contributed by atoms with E-state index in [9.17, 15) is 4.79 Å². The van der Waals surface area contributed by atoms with Crippen molar-refractivity contribution in [2.24, 2.45) is 0 Å². The Kier molecular flexibility index (Phi) is 5.62. The molecule has 0 atom stereocenters. The molecular weight excluding hydrogens is 386 g/mol. The number of carbonyl (C=O) groups is 1. The zero-order valence-electron chi connectivity index (χ0n) is 16.2. The quantitative estimate of drug-likeness (QED) is 0.696. The molecule has 0 bridgehead atoms. The van der Waals surface area contributed by atoms with Gasteiger partial charge in [0, 0.05) is 42.5 Å². The maximum absolute atomic E-state index is 12.5. The van der Waals surface area contributed by atoms with E-state index < -0.39 is 0 Å². The molecule has 148 valence electrons. The Morgan fingerprint density at radius 2 is 1.66 bits per heavy atom. The molecule has 1 N–H and O–H groups in total. The summed E-state index contributed by atoms with van der Waals surface area (Å²) in [6.45, 7) is 4.75. The summed E-state index contributed by atoms with van der Waals surface area (Å²) < 4.78 is 0. The van der Waals surface area contributed by atoms with Crippen LogP contribution in [0, 0.1) is 6.92 Å². The van der Waals surface area contributed by atoms with Crippen molar-refractivity contribution in [3.63, 3.8) is 0 Å². The number of aromatic nitrogens is 2. The third kappa shape index (κ3) is 4.49. The van der Waals surface area contributed by atoms with E-state index in [0.29, 0.717) is 31.2 Å². The van der Waals surface area contributed by atoms with Crippen LogP contribution in [0.15, 0.2) is 60.7 Å². The van der Waals surface area contributed by atoms with E-state index in [1.807, 2.05) is 24.3 Å². The van der Waals surface area contributed by atoms with Crippen LogP contribution in [0.4, 0.5) is 16.3 Å². The summed E-state index contributed by atoms with van der Waals surface area (Å²) in [4.78, 5) is 16.4. The van der Waals surface area contributed by atoms with E-state index in [1.165, 1.54) is 5.56 Å². The summed E-state index contributed by atoms with van der Waals surface area (Å²) in [5.41, 5.74) is 3.87. The maximum Gasteiger partial charge on any atom is 0.321 e. The minimum absolute atomic E-state index is 0.104. The van der Waals surface area contributed by atoms with Crippen LogP contribution in [0.25, 0.3) is 11.3 Å². The van der Waals surface area contributed by atoms with Crippen LogP contribution in [-0.2, 0) is 0 Å². The predicted molar refractivity (Wildman–Crippen MR) is 116 cm³/mol. The Morgan fingerprint density at radius 3 is 2.31 bits per heavy atom. The van der Waals surface area contributed by atoms with Crippen molar-refractivity contribution in [1.82, 2.24) is 15.1 Å². The molecule has 1 fully saturated rings. The van der Waals surface area contributed by atoms with Crippen LogP contribution in [0.3, 0.4) is 0 Å². The Morgan fingerprint density at radius 1 is 0.931 bits per heavy atom. The van der Waals surface area contributed by atoms with Gasteiger partial charge in [0.15, 0.2) is 5.82 Å². The Hall–Kier alpha value is -3.12. The van der Waals surface area contributed by atoms with Crippen molar-refractivity contribution in [2.45, 2.75) is 6.92 Å². The third-order valence-corrected chi connectivity index (χ3v) is 5.31. The first-order chi connectivity index (χ1) is 14.1. The summed E-state index contributed by atoms with van der Waals surface area (Å²) in [5.74, 6) is 0.833. The second-order valence-electron chi connectivity index (χ2n) is 7.00. The highest BCUT2D eigenvalue weighted by atomic mass is 35.5. The first-order valence-electron chi connectivity index (χ1n) is 9.56. The second kappa shape index (κ2) is 8.49. The molecule has 2 aromatic carbocycles. The van der Waals surface area contributed by atoms with Gasteiger partial charge >= 0.3 is 6.03 Å². The predicted octanol–water partition coefficient (Wildman–Crippen LogP) is 4.46. The first-order valence-corrected chi connectivity index (χ1v) is 9.94. The molecule has 1 aliphatic heterocycles. The molecule has 0 spiro atoms. The van der Waals surface area contributed by atoms with E-state index in [4.69, 9.17) is 11.6 Å². The molecule has 0 unspecified atom stereocenters. The molecule has 1 saturated heterocycles. The topological polar surface area (TPSA) is 61.4 Å². The summed E-state index contributed by atoms with van der Waals surface area (Å²) >= 11 is 5.88. The number of urea groups is 1. The minimum atomic E-state index is -0.104. The lowest BCUT2D eigenvalue weighted by Gasteiger charge is -2.35. The highest BCUT2D eigenvalue weighted by molar-refractivity contribution is 6.30. The molecule has 6 nitrogen and oxygen atoms in total. The fourth-order valence-electron chi connectivity index (χ4n) is 3.37. The van der Waals surface area contributed by atoms with Gasteiger partial charge in [-0.2, -0.15) is 0 Å². The first kappa shape index (κ1) is 19.2. The smallest absolute Gasteiger partial charge is 0.321 e. The van der Waals surface area contributed by atoms with Crippen molar-refractivity contribution in [1.29, 1.82) is 0 Å². The number of amides is 2. The van der Waals surface area contributed by atoms with Gasteiger partial charge in [-0.1, -0.05) is 35.9 Å². The number of nitrogens with one attached hydrogen (secondary N) is 1. The number of hydrogen-bond donors (Lipinski definition) is 1. The van der Waals surface area contributed by atoms with E-state index in [-0.39, 0.29) is 6.03 Å². The highest BCUT2D eigenvalue weighted by Gasteiger charge is 2.22. The Balaban J connectivity index is 1.35. The molecule has 29 heavy (non-hydrogen) atoms. The van der Waals surface area contributed by atoms with Crippen molar-refractivity contribution < 1.29 is 4.79 Å². The molecule has 4 rings (SSSR count). The van der Waals surface area contributed by atoms with E-state index in [0.717, 1.165) is 22.8 Å². The van der Waals surface area contributed by atoms with Gasteiger partial charge in [-0.3, -0.25) is 0 Å². The van der Waals surface area contributed by atoms with Crippen molar-refractivity contribution >= 4 is 29.1 Å². The van der Waals surface area contributed by atoms with Crippen molar-refractivity contribution in [3.05, 3.63) is 71.2 Å². The SMILES string of the molecule is Cc1ccccc1-c1ccc(N2CCN(C(=O)Nc3ccc(Cl)cc3)CC2)nn1. The Labute approximate surface area is 175 Å². The number of piperazine rings is 1. The number of anilines is 2. The number of rotatable bonds is 3. The van der Waals surface area contributed by atoms with Gasteiger partial charge in [0.25, 0.3) is 0 Å². The molecule has 1 aromatic heterocycles. The third-order valence-electron chi connectivity index (χ3n) is 5.06. The summed E-state index contributed by atoms with van der Waals surface area (Å²) in [5, 5.41) is 12.4. The minimum Gasteiger partial charge on any atom is -0.352 e. The molecular formula is C22H22ClN5O. The zero-order valence-corrected chi connectivity index (χ0v) is 16.9. The molecule has 0 aliphatic carbocycles. The van der Waals surface area contributed by atoms with Crippen LogP contribution in [0.1, 0.15) is 5.56 Å². The average Bonchev–Trinajstić information content (AvgIpc) is 2.76. The van der Waals surface area contributed by atoms with Crippen LogP contribution < -0.4 is 10.2 Å². The molecule has 0 radical (unpaired) electrons. The molecule has 2 amide bonds. The summed E-state index contributed by atoms with van der Waals surface area (Å²) in [7, 11) is 0. The lowest BCUT2D eigenvalue weighted by atomic mass is 10.1. The maximum atomic E-state index is 12.5. The van der Waals surface area contributed by atoms with Gasteiger partial charge in [0.05, 0.1) is 5.69 Å². The number of aryl methyl sites for hydroxylation is 1. The molecule has 2 heterocycles. The highest BCUT2D eigenvalue weighted by Crippen LogP contribution is 2.22. The molecule has 1 aliphatic rings. The van der Waals surface area contributed by atoms with Gasteiger partial charge in [-0.15, -0.1) is 10.2 Å². The number of nitrogens with zero attached hydrogens (tertiary/aromatic N) is 4. The largest absolute Gasteiger partial charge is 0.352 e. The summed E-state index contributed by atoms with van der Waals surface area (Å²) in [6, 6.07) is 19.1. The van der Waals surface area contributed by atoms with Crippen molar-refractivity contribution in [3.8, 4) is 11.3 Å². The summed E-state index contributed by atoms with van der Waals surface area (Å²) in [6.07, 6.45) is 0. The van der Waals surface area contributed by atoms with Gasteiger partial charge in [-0.25, -0.2) is 4.79 Å². The van der Waals surface area contributed by atoms with Gasteiger partial charge in [-0.05, 0) is 48.9 Å². The van der Waals surface area contributed by atoms with E-state index in [1.54, 1.807) is 29.2 Å². The lowest BCUT2D eigenvalue weighted by molar-refractivity contribution is 0.208. The fraction of sp³-hybridized carbons (Fsp3) is 0.227. The lowest BCUT2D eigenvalue weighted by Crippen LogP contribution is -2.50. The molecule has 3 aromatic rings. The van der Waals surface area contributed by atoms with Gasteiger partial charge < -0.3 is 15.1 Å². The normalized spacial score (nSPS) is 14.0. The van der Waals surface area contributed by atoms with Gasteiger partial charge in [0.1, 0.15) is 0 Å². The Bertz CT molecular complexity index is 983. The van der Waals surface area contributed by atoms with E-state index in [2.05, 4.69) is 39.5 Å². The second-order valence-corrected chi connectivity index (χ2v) is 7.44. The molecule has 7 heteroatoms. The number of carbonyl (C=O) groups excluding carboxylic acids is 1. The van der Waals surface area contributed by atoms with Crippen LogP contribution in [-0.4, -0.2) is 47.3 Å². The number of hydrogen-bond acceptors (Lipinski definition) is 4. The average molecular weight is 408 g/mol. The zero-order chi connectivity index (χ0) is 20.2. The van der Waals surface area contributed by atoms with Crippen molar-refractivity contribution in [2.75, 3.05) is 36.4 Å². The van der Waals surface area contributed by atoms with E-state index >= 15 is 0 Å². The number of halogens is 1. The number of benzene rings is 2. The van der Waals surface area contributed by atoms with Crippen LogP contribution in [0.5, 0.6) is 0 Å². The van der Waals surface area contributed by atoms with Gasteiger partial charge in [0.2, 0.25) is 0 Å². The fourth-order valence-corrected chi connectivity index (χ4v) is 3.50. The van der Waals surface area contributed by atoms with Crippen LogP contribution in [0.2, 0.25) is 5.02 Å². The standard InChI is InChI=1S/C22H22ClN5O/c1-16-4-2-3-5-19(16)20-10-11-21(26-25-20)27-12-14-28(15-13-27)22(29)24-18-8-6-17(23)7-9-18/h2-11H,12-15H2,1H3,(H,24,29).